The second kappa shape index (κ2) is 10.5. The molecule has 1 aromatic heterocycles. The first-order valence-corrected chi connectivity index (χ1v) is 13.3. The van der Waals surface area contributed by atoms with Gasteiger partial charge in [0.1, 0.15) is 0 Å². The van der Waals surface area contributed by atoms with Crippen molar-refractivity contribution in [3.8, 4) is 0 Å². The Morgan fingerprint density at radius 1 is 1.00 bits per heavy atom. The number of carbonyl (C=O) groups excluding carboxylic acids is 1. The quantitative estimate of drug-likeness (QED) is 0.320. The van der Waals surface area contributed by atoms with Crippen molar-refractivity contribution in [3.63, 3.8) is 0 Å². The third-order valence-electron chi connectivity index (χ3n) is 7.98. The molecule has 1 aliphatic heterocycles. The molecule has 2 aliphatic rings. The van der Waals surface area contributed by atoms with E-state index in [-0.39, 0.29) is 22.7 Å². The molecule has 0 spiro atoms. The fourth-order valence-electron chi connectivity index (χ4n) is 5.79. The first kappa shape index (κ1) is 29.1. The number of hydrogen-bond acceptors (Lipinski definition) is 3. The van der Waals surface area contributed by atoms with Gasteiger partial charge in [-0.3, -0.25) is 9.59 Å². The summed E-state index contributed by atoms with van der Waals surface area (Å²) in [6, 6.07) is 5.39. The van der Waals surface area contributed by atoms with E-state index in [1.54, 1.807) is 6.92 Å². The van der Waals surface area contributed by atoms with Crippen LogP contribution in [-0.2, 0) is 30.2 Å². The van der Waals surface area contributed by atoms with Gasteiger partial charge in [-0.2, -0.15) is 26.3 Å². The number of nitrogens with one attached hydrogen (secondary N) is 2. The molecule has 1 aliphatic carbocycles. The van der Waals surface area contributed by atoms with Crippen LogP contribution >= 0.6 is 0 Å². The standard InChI is InChI=1S/C29H28F7N3O2/c1-16-8-19(24(30)25-22(16)4-5-23(40)38-25)14-39(26(41)27(6-7-37-15-27)12-17-2-3-17)13-18-9-20(28(31,32)33)11-21(10-18)29(34,35)36/h4-5,8-11,17,37H,2-3,6-7,12-15H2,1H3,(H,38,40). The van der Waals surface area contributed by atoms with Crippen molar-refractivity contribution < 1.29 is 35.5 Å². The molecular weight excluding hydrogens is 555 g/mol. The van der Waals surface area contributed by atoms with E-state index in [2.05, 4.69) is 10.3 Å². The number of aromatic amines is 1. The maximum Gasteiger partial charge on any atom is 0.416 e. The Hall–Kier alpha value is -3.41. The van der Waals surface area contributed by atoms with Gasteiger partial charge in [0.05, 0.1) is 22.1 Å². The summed E-state index contributed by atoms with van der Waals surface area (Å²) in [6.07, 6.45) is -7.27. The second-order valence-corrected chi connectivity index (χ2v) is 11.2. The fraction of sp³-hybridized carbons (Fsp3) is 0.448. The Morgan fingerprint density at radius 3 is 2.22 bits per heavy atom. The highest BCUT2D eigenvalue weighted by atomic mass is 19.4. The average Bonchev–Trinajstić information content (AvgIpc) is 3.58. The highest BCUT2D eigenvalue weighted by Crippen LogP contribution is 2.45. The zero-order valence-corrected chi connectivity index (χ0v) is 22.1. The third-order valence-corrected chi connectivity index (χ3v) is 7.98. The van der Waals surface area contributed by atoms with Gasteiger partial charge in [0.25, 0.3) is 0 Å². The van der Waals surface area contributed by atoms with Crippen molar-refractivity contribution >= 4 is 16.8 Å². The van der Waals surface area contributed by atoms with Gasteiger partial charge in [-0.1, -0.05) is 18.9 Å². The van der Waals surface area contributed by atoms with Gasteiger partial charge in [-0.25, -0.2) is 4.39 Å². The third kappa shape index (κ3) is 6.12. The van der Waals surface area contributed by atoms with E-state index < -0.39 is 59.3 Å². The van der Waals surface area contributed by atoms with Crippen LogP contribution in [0.3, 0.4) is 0 Å². The molecule has 3 aromatic rings. The summed E-state index contributed by atoms with van der Waals surface area (Å²) in [5.74, 6) is -0.975. The van der Waals surface area contributed by atoms with E-state index in [4.69, 9.17) is 0 Å². The molecule has 41 heavy (non-hydrogen) atoms. The Bertz CT molecular complexity index is 1500. The van der Waals surface area contributed by atoms with E-state index >= 15 is 4.39 Å². The number of carbonyl (C=O) groups is 1. The van der Waals surface area contributed by atoms with Gasteiger partial charge >= 0.3 is 12.4 Å². The van der Waals surface area contributed by atoms with Crippen LogP contribution in [0.15, 0.2) is 41.2 Å². The van der Waals surface area contributed by atoms with E-state index in [0.29, 0.717) is 54.9 Å². The number of halogens is 7. The number of nitrogens with zero attached hydrogens (tertiary/aromatic N) is 1. The minimum atomic E-state index is -5.05. The number of benzene rings is 2. The molecule has 1 unspecified atom stereocenters. The molecule has 1 saturated carbocycles. The van der Waals surface area contributed by atoms with Gasteiger partial charge in [0.15, 0.2) is 5.82 Å². The Kier molecular flexibility index (Phi) is 7.42. The number of hydrogen-bond donors (Lipinski definition) is 2. The van der Waals surface area contributed by atoms with E-state index in [0.717, 1.165) is 17.7 Å². The zero-order chi connectivity index (χ0) is 29.7. The summed E-state index contributed by atoms with van der Waals surface area (Å²) in [4.78, 5) is 29.7. The number of H-pyrrole nitrogens is 1. The predicted molar refractivity (Wildman–Crippen MR) is 137 cm³/mol. The maximum atomic E-state index is 15.7. The van der Waals surface area contributed by atoms with Gasteiger partial charge in [0.2, 0.25) is 11.5 Å². The van der Waals surface area contributed by atoms with Crippen molar-refractivity contribution in [2.45, 2.75) is 58.0 Å². The number of rotatable bonds is 7. The molecule has 1 amide bonds. The van der Waals surface area contributed by atoms with E-state index in [1.165, 1.54) is 18.2 Å². The molecule has 5 rings (SSSR count). The largest absolute Gasteiger partial charge is 0.416 e. The molecule has 5 nitrogen and oxygen atoms in total. The normalized spacial score (nSPS) is 19.6. The smallest absolute Gasteiger partial charge is 0.333 e. The molecular formula is C29H28F7N3O2. The molecule has 2 heterocycles. The lowest BCUT2D eigenvalue weighted by atomic mass is 9.80. The Labute approximate surface area is 230 Å². The summed E-state index contributed by atoms with van der Waals surface area (Å²) in [7, 11) is 0. The van der Waals surface area contributed by atoms with Gasteiger partial charge in [0, 0.05) is 36.7 Å². The lowest BCUT2D eigenvalue weighted by Crippen LogP contribution is -2.45. The predicted octanol–water partition coefficient (Wildman–Crippen LogP) is 6.32. The molecule has 2 aromatic carbocycles. The Balaban J connectivity index is 1.60. The topological polar surface area (TPSA) is 65.2 Å². The molecule has 12 heteroatoms. The van der Waals surface area contributed by atoms with Crippen molar-refractivity contribution in [1.29, 1.82) is 0 Å². The van der Waals surface area contributed by atoms with Crippen LogP contribution in [0.1, 0.15) is 53.5 Å². The SMILES string of the molecule is Cc1cc(CN(Cc2cc(C(F)(F)F)cc(C(F)(F)F)c2)C(=O)C2(CC3CC3)CCNC2)c(F)c2[nH]c(=O)ccc12. The van der Waals surface area contributed by atoms with E-state index in [1.807, 2.05) is 0 Å². The van der Waals surface area contributed by atoms with Gasteiger partial charge < -0.3 is 15.2 Å². The monoisotopic (exact) mass is 583 g/mol. The number of fused-ring (bicyclic) bond motifs is 1. The minimum absolute atomic E-state index is 0.0132. The zero-order valence-electron chi connectivity index (χ0n) is 22.1. The maximum absolute atomic E-state index is 15.7. The van der Waals surface area contributed by atoms with Crippen LogP contribution in [0.2, 0.25) is 0 Å². The van der Waals surface area contributed by atoms with Crippen LogP contribution in [0, 0.1) is 24.1 Å². The molecule has 1 atom stereocenters. The molecule has 0 radical (unpaired) electrons. The lowest BCUT2D eigenvalue weighted by Gasteiger charge is -2.35. The number of pyridine rings is 1. The van der Waals surface area contributed by atoms with Gasteiger partial charge in [-0.15, -0.1) is 0 Å². The summed E-state index contributed by atoms with van der Waals surface area (Å²) in [5, 5.41) is 3.59. The second-order valence-electron chi connectivity index (χ2n) is 11.2. The summed E-state index contributed by atoms with van der Waals surface area (Å²) >= 11 is 0. The van der Waals surface area contributed by atoms with Crippen LogP contribution in [-0.4, -0.2) is 28.9 Å². The molecule has 1 saturated heterocycles. The first-order valence-electron chi connectivity index (χ1n) is 13.3. The fourth-order valence-corrected chi connectivity index (χ4v) is 5.79. The van der Waals surface area contributed by atoms with E-state index in [9.17, 15) is 35.9 Å². The summed E-state index contributed by atoms with van der Waals surface area (Å²) < 4.78 is 97.2. The summed E-state index contributed by atoms with van der Waals surface area (Å²) in [6.45, 7) is 1.50. The molecule has 0 bridgehead atoms. The van der Waals surface area contributed by atoms with Crippen LogP contribution in [0.4, 0.5) is 30.7 Å². The van der Waals surface area contributed by atoms with Crippen LogP contribution in [0.25, 0.3) is 10.9 Å². The number of aryl methyl sites for hydroxylation is 1. The van der Waals surface area contributed by atoms with Crippen molar-refractivity contribution in [1.82, 2.24) is 15.2 Å². The number of alkyl halides is 6. The molecule has 2 N–H and O–H groups in total. The minimum Gasteiger partial charge on any atom is -0.333 e. The average molecular weight is 584 g/mol. The number of aromatic nitrogens is 1. The van der Waals surface area contributed by atoms with Crippen molar-refractivity contribution in [2.75, 3.05) is 13.1 Å². The molecule has 2 fully saturated rings. The van der Waals surface area contributed by atoms with Crippen molar-refractivity contribution in [2.24, 2.45) is 11.3 Å². The van der Waals surface area contributed by atoms with Crippen LogP contribution < -0.4 is 10.9 Å². The highest BCUT2D eigenvalue weighted by molar-refractivity contribution is 5.85. The summed E-state index contributed by atoms with van der Waals surface area (Å²) in [5.41, 5.74) is -4.34. The van der Waals surface area contributed by atoms with Crippen LogP contribution in [0.5, 0.6) is 0 Å². The van der Waals surface area contributed by atoms with Gasteiger partial charge in [-0.05, 0) is 67.6 Å². The number of amides is 1. The Morgan fingerprint density at radius 2 is 1.66 bits per heavy atom. The lowest BCUT2D eigenvalue weighted by molar-refractivity contribution is -0.143. The molecule has 220 valence electrons. The highest BCUT2D eigenvalue weighted by Gasteiger charge is 2.47. The first-order chi connectivity index (χ1) is 19.2. The van der Waals surface area contributed by atoms with Crippen molar-refractivity contribution in [3.05, 3.63) is 80.4 Å².